The van der Waals surface area contributed by atoms with Gasteiger partial charge in [0.1, 0.15) is 23.1 Å². The van der Waals surface area contributed by atoms with E-state index in [1.165, 1.54) is 0 Å². The normalized spacial score (nSPS) is 15.1. The molecule has 2 aromatic rings. The Morgan fingerprint density at radius 1 is 1.24 bits per heavy atom. The van der Waals surface area contributed by atoms with Gasteiger partial charge in [-0.1, -0.05) is 13.0 Å². The number of ether oxygens (including phenoxy) is 1. The molecule has 0 saturated carbocycles. The lowest BCUT2D eigenvalue weighted by atomic mass is 9.99. The van der Waals surface area contributed by atoms with Crippen LogP contribution >= 0.6 is 0 Å². The monoisotopic (exact) mass is 340 g/mol. The number of benzene rings is 1. The number of aromatic nitrogens is 2. The predicted molar refractivity (Wildman–Crippen MR) is 98.3 cm³/mol. The molecule has 3 rings (SSSR count). The van der Waals surface area contributed by atoms with Crippen molar-refractivity contribution in [1.82, 2.24) is 9.97 Å². The van der Waals surface area contributed by atoms with Gasteiger partial charge in [-0.3, -0.25) is 4.79 Å². The molecule has 1 amide bonds. The standard InChI is InChI=1S/C19H24N4O2/c1-13-7-9-23(10-8-13)18-12-17(20-14(2)21-18)19(24)22-15-5-4-6-16(11-15)25-3/h4-6,11-13H,7-10H2,1-3H3,(H,22,24). The predicted octanol–water partition coefficient (Wildman–Crippen LogP) is 3.28. The van der Waals surface area contributed by atoms with Crippen molar-refractivity contribution in [2.24, 2.45) is 5.92 Å². The minimum absolute atomic E-state index is 0.245. The second-order valence-corrected chi connectivity index (χ2v) is 6.51. The molecule has 25 heavy (non-hydrogen) atoms. The molecule has 2 heterocycles. The van der Waals surface area contributed by atoms with Gasteiger partial charge in [0, 0.05) is 30.9 Å². The van der Waals surface area contributed by atoms with E-state index in [9.17, 15) is 4.79 Å². The Kier molecular flexibility index (Phi) is 5.16. The van der Waals surface area contributed by atoms with E-state index in [4.69, 9.17) is 4.74 Å². The second kappa shape index (κ2) is 7.51. The third-order valence-electron chi connectivity index (χ3n) is 4.49. The number of carbonyl (C=O) groups is 1. The average Bonchev–Trinajstić information content (AvgIpc) is 2.62. The van der Waals surface area contributed by atoms with Crippen LogP contribution in [0.25, 0.3) is 0 Å². The number of hydrogen-bond acceptors (Lipinski definition) is 5. The summed E-state index contributed by atoms with van der Waals surface area (Å²) in [4.78, 5) is 23.6. The van der Waals surface area contributed by atoms with Gasteiger partial charge in [-0.2, -0.15) is 0 Å². The zero-order chi connectivity index (χ0) is 17.8. The minimum Gasteiger partial charge on any atom is -0.497 e. The fraction of sp³-hybridized carbons (Fsp3) is 0.421. The molecule has 6 heteroatoms. The van der Waals surface area contributed by atoms with E-state index in [0.717, 1.165) is 37.7 Å². The number of piperidine rings is 1. The van der Waals surface area contributed by atoms with Crippen molar-refractivity contribution in [2.45, 2.75) is 26.7 Å². The number of amides is 1. The van der Waals surface area contributed by atoms with Crippen LogP contribution in [0.2, 0.25) is 0 Å². The number of aryl methyl sites for hydroxylation is 1. The maximum Gasteiger partial charge on any atom is 0.274 e. The summed E-state index contributed by atoms with van der Waals surface area (Å²) in [5.74, 6) is 2.63. The van der Waals surface area contributed by atoms with Crippen molar-refractivity contribution >= 4 is 17.4 Å². The molecule has 1 saturated heterocycles. The second-order valence-electron chi connectivity index (χ2n) is 6.51. The van der Waals surface area contributed by atoms with E-state index in [0.29, 0.717) is 23.0 Å². The molecule has 0 aliphatic carbocycles. The lowest BCUT2D eigenvalue weighted by molar-refractivity contribution is 0.102. The van der Waals surface area contributed by atoms with E-state index in [1.807, 2.05) is 25.1 Å². The van der Waals surface area contributed by atoms with Gasteiger partial charge in [-0.15, -0.1) is 0 Å². The number of anilines is 2. The van der Waals surface area contributed by atoms with Gasteiger partial charge in [0.15, 0.2) is 0 Å². The SMILES string of the molecule is COc1cccc(NC(=O)c2cc(N3CCC(C)CC3)nc(C)n2)c1. The maximum absolute atomic E-state index is 12.6. The molecular weight excluding hydrogens is 316 g/mol. The van der Waals surface area contributed by atoms with Crippen LogP contribution in [-0.2, 0) is 0 Å². The fourth-order valence-corrected chi connectivity index (χ4v) is 2.96. The summed E-state index contributed by atoms with van der Waals surface area (Å²) in [6, 6.07) is 9.04. The summed E-state index contributed by atoms with van der Waals surface area (Å²) in [5, 5.41) is 2.87. The molecule has 1 N–H and O–H groups in total. The summed E-state index contributed by atoms with van der Waals surface area (Å²) in [5.41, 5.74) is 1.05. The molecular formula is C19H24N4O2. The lowest BCUT2D eigenvalue weighted by Gasteiger charge is -2.31. The molecule has 0 spiro atoms. The molecule has 132 valence electrons. The highest BCUT2D eigenvalue weighted by Gasteiger charge is 2.19. The Hall–Kier alpha value is -2.63. The number of methoxy groups -OCH3 is 1. The van der Waals surface area contributed by atoms with Gasteiger partial charge < -0.3 is 15.0 Å². The molecule has 1 aromatic heterocycles. The third kappa shape index (κ3) is 4.26. The fourth-order valence-electron chi connectivity index (χ4n) is 2.96. The van der Waals surface area contributed by atoms with E-state index in [-0.39, 0.29) is 5.91 Å². The topological polar surface area (TPSA) is 67.3 Å². The summed E-state index contributed by atoms with van der Waals surface area (Å²) in [6.45, 7) is 6.02. The third-order valence-corrected chi connectivity index (χ3v) is 4.49. The smallest absolute Gasteiger partial charge is 0.274 e. The Morgan fingerprint density at radius 2 is 2.00 bits per heavy atom. The highest BCUT2D eigenvalue weighted by Crippen LogP contribution is 2.22. The van der Waals surface area contributed by atoms with Crippen molar-refractivity contribution in [1.29, 1.82) is 0 Å². The number of carbonyl (C=O) groups excluding carboxylic acids is 1. The van der Waals surface area contributed by atoms with Crippen LogP contribution in [-0.4, -0.2) is 36.1 Å². The van der Waals surface area contributed by atoms with Crippen LogP contribution in [0.1, 0.15) is 36.1 Å². The Bertz CT molecular complexity index is 755. The number of nitrogens with one attached hydrogen (secondary N) is 1. The van der Waals surface area contributed by atoms with Gasteiger partial charge in [-0.25, -0.2) is 9.97 Å². The van der Waals surface area contributed by atoms with Crippen LogP contribution in [0.4, 0.5) is 11.5 Å². The van der Waals surface area contributed by atoms with Crippen molar-refractivity contribution in [3.8, 4) is 5.75 Å². The molecule has 1 aliphatic rings. The Balaban J connectivity index is 1.78. The van der Waals surface area contributed by atoms with Gasteiger partial charge in [-0.05, 0) is 37.8 Å². The molecule has 1 fully saturated rings. The molecule has 0 unspecified atom stereocenters. The molecule has 0 bridgehead atoms. The van der Waals surface area contributed by atoms with Crippen molar-refractivity contribution in [3.05, 3.63) is 41.9 Å². The van der Waals surface area contributed by atoms with Gasteiger partial charge in [0.25, 0.3) is 5.91 Å². The molecule has 0 atom stereocenters. The summed E-state index contributed by atoms with van der Waals surface area (Å²) >= 11 is 0. The van der Waals surface area contributed by atoms with E-state index in [1.54, 1.807) is 19.2 Å². The first-order chi connectivity index (χ1) is 12.0. The maximum atomic E-state index is 12.6. The minimum atomic E-state index is -0.245. The van der Waals surface area contributed by atoms with Crippen molar-refractivity contribution in [3.63, 3.8) is 0 Å². The summed E-state index contributed by atoms with van der Waals surface area (Å²) < 4.78 is 5.18. The largest absolute Gasteiger partial charge is 0.497 e. The first-order valence-corrected chi connectivity index (χ1v) is 8.61. The quantitative estimate of drug-likeness (QED) is 0.925. The molecule has 1 aromatic carbocycles. The highest BCUT2D eigenvalue weighted by atomic mass is 16.5. The Morgan fingerprint density at radius 3 is 2.72 bits per heavy atom. The molecule has 0 radical (unpaired) electrons. The van der Waals surface area contributed by atoms with Gasteiger partial charge >= 0.3 is 0 Å². The number of nitrogens with zero attached hydrogens (tertiary/aromatic N) is 3. The van der Waals surface area contributed by atoms with E-state index in [2.05, 4.69) is 27.1 Å². The van der Waals surface area contributed by atoms with Gasteiger partial charge in [0.2, 0.25) is 0 Å². The van der Waals surface area contributed by atoms with Crippen LogP contribution < -0.4 is 15.0 Å². The highest BCUT2D eigenvalue weighted by molar-refractivity contribution is 6.03. The Labute approximate surface area is 148 Å². The zero-order valence-corrected chi connectivity index (χ0v) is 15.0. The van der Waals surface area contributed by atoms with Crippen molar-refractivity contribution in [2.75, 3.05) is 30.4 Å². The first-order valence-electron chi connectivity index (χ1n) is 8.61. The molecule has 1 aliphatic heterocycles. The van der Waals surface area contributed by atoms with Crippen LogP contribution in [0.3, 0.4) is 0 Å². The van der Waals surface area contributed by atoms with E-state index >= 15 is 0 Å². The number of rotatable bonds is 4. The summed E-state index contributed by atoms with van der Waals surface area (Å²) in [6.07, 6.45) is 2.29. The first kappa shape index (κ1) is 17.2. The molecule has 6 nitrogen and oxygen atoms in total. The van der Waals surface area contributed by atoms with Crippen LogP contribution in [0.15, 0.2) is 30.3 Å². The zero-order valence-electron chi connectivity index (χ0n) is 15.0. The van der Waals surface area contributed by atoms with Crippen LogP contribution in [0, 0.1) is 12.8 Å². The summed E-state index contributed by atoms with van der Waals surface area (Å²) in [7, 11) is 1.60. The van der Waals surface area contributed by atoms with Crippen LogP contribution in [0.5, 0.6) is 5.75 Å². The van der Waals surface area contributed by atoms with E-state index < -0.39 is 0 Å². The average molecular weight is 340 g/mol. The van der Waals surface area contributed by atoms with Gasteiger partial charge in [0.05, 0.1) is 7.11 Å². The van der Waals surface area contributed by atoms with Crippen molar-refractivity contribution < 1.29 is 9.53 Å². The number of hydrogen-bond donors (Lipinski definition) is 1. The lowest BCUT2D eigenvalue weighted by Crippen LogP contribution is -2.34.